The number of carbonyl (C=O) groups is 3. The van der Waals surface area contributed by atoms with Crippen LogP contribution in [0.4, 0.5) is 0 Å². The molecule has 2 N–H and O–H groups in total. The van der Waals surface area contributed by atoms with Crippen molar-refractivity contribution in [3.05, 3.63) is 35.9 Å². The summed E-state index contributed by atoms with van der Waals surface area (Å²) in [6.07, 6.45) is -0.168. The number of carboxylic acid groups (broad SMARTS) is 1. The lowest BCUT2D eigenvalue weighted by molar-refractivity contribution is -0.145. The molecule has 22 heavy (non-hydrogen) atoms. The molecule has 1 aliphatic rings. The Balaban J connectivity index is 1.90. The van der Waals surface area contributed by atoms with Gasteiger partial charge in [-0.3, -0.25) is 14.4 Å². The van der Waals surface area contributed by atoms with Gasteiger partial charge in [-0.15, -0.1) is 0 Å². The summed E-state index contributed by atoms with van der Waals surface area (Å²) in [7, 11) is 0. The molecule has 0 spiro atoms. The van der Waals surface area contributed by atoms with Crippen LogP contribution in [0.1, 0.15) is 16.8 Å². The molecule has 1 aromatic rings. The number of ether oxygens (including phenoxy) is 1. The van der Waals surface area contributed by atoms with Crippen molar-refractivity contribution < 1.29 is 24.2 Å². The third-order valence-electron chi connectivity index (χ3n) is 3.39. The van der Waals surface area contributed by atoms with E-state index < -0.39 is 12.0 Å². The van der Waals surface area contributed by atoms with Gasteiger partial charge in [-0.1, -0.05) is 18.2 Å². The van der Waals surface area contributed by atoms with Gasteiger partial charge in [0.25, 0.3) is 5.91 Å². The first-order valence-electron chi connectivity index (χ1n) is 7.00. The molecule has 0 aliphatic carbocycles. The van der Waals surface area contributed by atoms with E-state index in [1.54, 1.807) is 30.3 Å². The van der Waals surface area contributed by atoms with Crippen LogP contribution in [-0.4, -0.2) is 60.1 Å². The second kappa shape index (κ2) is 7.56. The average Bonchev–Trinajstić information content (AvgIpc) is 2.53. The summed E-state index contributed by atoms with van der Waals surface area (Å²) in [6, 6.07) is 8.09. The first-order chi connectivity index (χ1) is 10.6. The third kappa shape index (κ3) is 4.29. The van der Waals surface area contributed by atoms with Gasteiger partial charge in [0.05, 0.1) is 32.2 Å². The zero-order chi connectivity index (χ0) is 15.9. The smallest absolute Gasteiger partial charge is 0.305 e. The number of morpholine rings is 1. The molecule has 1 saturated heterocycles. The SMILES string of the molecule is O=C(O)CC1COCCN1C(=O)CNC(=O)c1ccccc1. The van der Waals surface area contributed by atoms with Gasteiger partial charge < -0.3 is 20.1 Å². The highest BCUT2D eigenvalue weighted by atomic mass is 16.5. The van der Waals surface area contributed by atoms with Crippen LogP contribution in [0.5, 0.6) is 0 Å². The van der Waals surface area contributed by atoms with Gasteiger partial charge in [-0.2, -0.15) is 0 Å². The summed E-state index contributed by atoms with van der Waals surface area (Å²) in [4.78, 5) is 36.4. The minimum absolute atomic E-state index is 0.163. The standard InChI is InChI=1S/C15H18N2O5/c18-13(9-16-15(21)11-4-2-1-3-5-11)17-6-7-22-10-12(17)8-14(19)20/h1-5,12H,6-10H2,(H,16,21)(H,19,20). The van der Waals surface area contributed by atoms with E-state index in [1.165, 1.54) is 4.90 Å². The number of carboxylic acids is 1. The second-order valence-corrected chi connectivity index (χ2v) is 4.96. The zero-order valence-corrected chi connectivity index (χ0v) is 12.0. The second-order valence-electron chi connectivity index (χ2n) is 4.96. The minimum Gasteiger partial charge on any atom is -0.481 e. The maximum Gasteiger partial charge on any atom is 0.305 e. The van der Waals surface area contributed by atoms with E-state index >= 15 is 0 Å². The molecule has 1 aliphatic heterocycles. The number of rotatable bonds is 5. The lowest BCUT2D eigenvalue weighted by Crippen LogP contribution is -2.52. The van der Waals surface area contributed by atoms with E-state index in [4.69, 9.17) is 9.84 Å². The van der Waals surface area contributed by atoms with Crippen molar-refractivity contribution in [2.75, 3.05) is 26.3 Å². The van der Waals surface area contributed by atoms with Crippen LogP contribution in [0, 0.1) is 0 Å². The molecular weight excluding hydrogens is 288 g/mol. The summed E-state index contributed by atoms with van der Waals surface area (Å²) in [5, 5.41) is 11.4. The van der Waals surface area contributed by atoms with Gasteiger partial charge in [-0.25, -0.2) is 0 Å². The first kappa shape index (κ1) is 16.0. The van der Waals surface area contributed by atoms with Crippen LogP contribution in [0.2, 0.25) is 0 Å². The highest BCUT2D eigenvalue weighted by molar-refractivity contribution is 5.96. The van der Waals surface area contributed by atoms with E-state index in [0.29, 0.717) is 18.7 Å². The van der Waals surface area contributed by atoms with E-state index in [1.807, 2.05) is 0 Å². The number of benzene rings is 1. The van der Waals surface area contributed by atoms with E-state index in [0.717, 1.165) is 0 Å². The summed E-state index contributed by atoms with van der Waals surface area (Å²) < 4.78 is 5.21. The molecule has 1 heterocycles. The predicted octanol–water partition coefficient (Wildman–Crippen LogP) is 0.119. The van der Waals surface area contributed by atoms with Gasteiger partial charge in [0.1, 0.15) is 0 Å². The Morgan fingerprint density at radius 1 is 1.27 bits per heavy atom. The number of carbonyl (C=O) groups excluding carboxylic acids is 2. The van der Waals surface area contributed by atoms with Gasteiger partial charge in [0.15, 0.2) is 0 Å². The molecule has 118 valence electrons. The van der Waals surface area contributed by atoms with Crippen LogP contribution in [0.3, 0.4) is 0 Å². The van der Waals surface area contributed by atoms with E-state index in [-0.39, 0.29) is 31.4 Å². The maximum atomic E-state index is 12.2. The zero-order valence-electron chi connectivity index (χ0n) is 12.0. The number of nitrogens with zero attached hydrogens (tertiary/aromatic N) is 1. The Morgan fingerprint density at radius 3 is 2.68 bits per heavy atom. The van der Waals surface area contributed by atoms with Crippen molar-refractivity contribution in [2.24, 2.45) is 0 Å². The van der Waals surface area contributed by atoms with Crippen molar-refractivity contribution in [2.45, 2.75) is 12.5 Å². The Morgan fingerprint density at radius 2 is 2.00 bits per heavy atom. The average molecular weight is 306 g/mol. The summed E-state index contributed by atoms with van der Waals surface area (Å²) in [5.41, 5.74) is 0.472. The number of aliphatic carboxylic acids is 1. The largest absolute Gasteiger partial charge is 0.481 e. The summed E-state index contributed by atoms with van der Waals surface area (Å²) in [5.74, 6) is -1.63. The van der Waals surface area contributed by atoms with Crippen LogP contribution in [0.25, 0.3) is 0 Å². The molecule has 2 rings (SSSR count). The molecule has 1 unspecified atom stereocenters. The summed E-state index contributed by atoms with van der Waals surface area (Å²) >= 11 is 0. The van der Waals surface area contributed by atoms with Gasteiger partial charge in [0, 0.05) is 12.1 Å². The lowest BCUT2D eigenvalue weighted by atomic mass is 10.1. The highest BCUT2D eigenvalue weighted by Gasteiger charge is 2.29. The number of hydrogen-bond donors (Lipinski definition) is 2. The van der Waals surface area contributed by atoms with Crippen LogP contribution < -0.4 is 5.32 Å². The number of hydrogen-bond acceptors (Lipinski definition) is 4. The molecule has 1 aromatic carbocycles. The Kier molecular flexibility index (Phi) is 5.48. The fraction of sp³-hybridized carbons (Fsp3) is 0.400. The number of amides is 2. The highest BCUT2D eigenvalue weighted by Crippen LogP contribution is 2.11. The molecule has 0 saturated carbocycles. The molecule has 0 bridgehead atoms. The van der Waals surface area contributed by atoms with Gasteiger partial charge >= 0.3 is 5.97 Å². The number of nitrogens with one attached hydrogen (secondary N) is 1. The molecule has 1 fully saturated rings. The third-order valence-corrected chi connectivity index (χ3v) is 3.39. The van der Waals surface area contributed by atoms with Crippen LogP contribution in [0.15, 0.2) is 30.3 Å². The Hall–Kier alpha value is -2.41. The quantitative estimate of drug-likeness (QED) is 0.805. The molecular formula is C15H18N2O5. The Labute approximate surface area is 127 Å². The van der Waals surface area contributed by atoms with Crippen molar-refractivity contribution in [3.8, 4) is 0 Å². The van der Waals surface area contributed by atoms with E-state index in [9.17, 15) is 14.4 Å². The predicted molar refractivity (Wildman–Crippen MR) is 77.3 cm³/mol. The topological polar surface area (TPSA) is 95.9 Å². The van der Waals surface area contributed by atoms with Crippen LogP contribution in [-0.2, 0) is 14.3 Å². The molecule has 0 radical (unpaired) electrons. The Bertz CT molecular complexity index is 546. The van der Waals surface area contributed by atoms with Crippen molar-refractivity contribution in [3.63, 3.8) is 0 Å². The van der Waals surface area contributed by atoms with Crippen molar-refractivity contribution in [1.82, 2.24) is 10.2 Å². The lowest BCUT2D eigenvalue weighted by Gasteiger charge is -2.34. The van der Waals surface area contributed by atoms with Gasteiger partial charge in [-0.05, 0) is 12.1 Å². The van der Waals surface area contributed by atoms with Crippen LogP contribution >= 0.6 is 0 Å². The molecule has 7 nitrogen and oxygen atoms in total. The normalized spacial score (nSPS) is 17.8. The molecule has 0 aromatic heterocycles. The van der Waals surface area contributed by atoms with Gasteiger partial charge in [0.2, 0.25) is 5.91 Å². The van der Waals surface area contributed by atoms with Crippen molar-refractivity contribution >= 4 is 17.8 Å². The molecule has 1 atom stereocenters. The minimum atomic E-state index is -0.985. The summed E-state index contributed by atoms with van der Waals surface area (Å²) in [6.45, 7) is 0.737. The fourth-order valence-corrected chi connectivity index (χ4v) is 2.30. The molecule has 2 amide bonds. The fourth-order valence-electron chi connectivity index (χ4n) is 2.30. The maximum absolute atomic E-state index is 12.2. The van der Waals surface area contributed by atoms with Crippen molar-refractivity contribution in [1.29, 1.82) is 0 Å². The van der Waals surface area contributed by atoms with E-state index in [2.05, 4.69) is 5.32 Å². The monoisotopic (exact) mass is 306 g/mol. The molecule has 7 heteroatoms. The first-order valence-corrected chi connectivity index (χ1v) is 7.00.